The van der Waals surface area contributed by atoms with E-state index < -0.39 is 5.60 Å². The summed E-state index contributed by atoms with van der Waals surface area (Å²) in [5, 5.41) is 0. The van der Waals surface area contributed by atoms with Gasteiger partial charge in [0.05, 0.1) is 19.8 Å². The molecule has 0 bridgehead atoms. The summed E-state index contributed by atoms with van der Waals surface area (Å²) in [7, 11) is 1.40. The Morgan fingerprint density at radius 2 is 1.33 bits per heavy atom. The molecule has 0 aromatic heterocycles. The lowest BCUT2D eigenvalue weighted by molar-refractivity contribution is -0.0117. The van der Waals surface area contributed by atoms with Crippen LogP contribution in [0.3, 0.4) is 0 Å². The van der Waals surface area contributed by atoms with Gasteiger partial charge in [0.1, 0.15) is 5.60 Å². The lowest BCUT2D eigenvalue weighted by Crippen LogP contribution is -2.41. The SMILES string of the molecule is COC(=O)N1C=CC[C@H]1COC(c1ccccc1)(c1ccccc1)c1ccccc1. The van der Waals surface area contributed by atoms with Crippen molar-refractivity contribution in [1.29, 1.82) is 0 Å². The third kappa shape index (κ3) is 3.74. The first kappa shape index (κ1) is 19.9. The van der Waals surface area contributed by atoms with Crippen molar-refractivity contribution >= 4 is 6.09 Å². The number of hydrogen-bond donors (Lipinski definition) is 0. The van der Waals surface area contributed by atoms with Gasteiger partial charge in [-0.05, 0) is 23.1 Å². The molecule has 0 N–H and O–H groups in total. The minimum Gasteiger partial charge on any atom is -0.452 e. The smallest absolute Gasteiger partial charge is 0.413 e. The summed E-state index contributed by atoms with van der Waals surface area (Å²) in [4.78, 5) is 13.8. The van der Waals surface area contributed by atoms with Crippen LogP contribution in [-0.2, 0) is 15.1 Å². The fraction of sp³-hybridized carbons (Fsp3) is 0.192. The van der Waals surface area contributed by atoms with Gasteiger partial charge in [-0.1, -0.05) is 97.1 Å². The molecule has 152 valence electrons. The van der Waals surface area contributed by atoms with Gasteiger partial charge in [-0.25, -0.2) is 4.79 Å². The highest BCUT2D eigenvalue weighted by atomic mass is 16.5. The van der Waals surface area contributed by atoms with Crippen LogP contribution < -0.4 is 0 Å². The van der Waals surface area contributed by atoms with Crippen molar-refractivity contribution in [3.05, 3.63) is 120 Å². The van der Waals surface area contributed by atoms with Gasteiger partial charge in [-0.3, -0.25) is 4.90 Å². The fourth-order valence-corrected chi connectivity index (χ4v) is 4.02. The van der Waals surface area contributed by atoms with E-state index in [0.717, 1.165) is 23.1 Å². The first-order chi connectivity index (χ1) is 14.8. The highest BCUT2D eigenvalue weighted by Crippen LogP contribution is 2.41. The maximum atomic E-state index is 12.2. The number of benzene rings is 3. The summed E-state index contributed by atoms with van der Waals surface area (Å²) in [5.74, 6) is 0. The molecular weight excluding hydrogens is 374 g/mol. The van der Waals surface area contributed by atoms with Crippen LogP contribution in [0.2, 0.25) is 0 Å². The molecular formula is C26H25NO3. The van der Waals surface area contributed by atoms with E-state index in [4.69, 9.17) is 9.47 Å². The fourth-order valence-electron chi connectivity index (χ4n) is 4.02. The number of ether oxygens (including phenoxy) is 2. The molecule has 1 heterocycles. The standard InChI is InChI=1S/C26H25NO3/c1-29-25(28)27-19-11-18-24(27)20-30-26(21-12-5-2-6-13-21,22-14-7-3-8-15-22)23-16-9-4-10-17-23/h2-17,19,24H,18,20H2,1H3/t24-/m0/s1. The van der Waals surface area contributed by atoms with E-state index in [9.17, 15) is 4.79 Å². The summed E-state index contributed by atoms with van der Waals surface area (Å²) in [6.07, 6.45) is 4.10. The summed E-state index contributed by atoms with van der Waals surface area (Å²) in [6, 6.07) is 30.6. The van der Waals surface area contributed by atoms with Crippen molar-refractivity contribution in [2.24, 2.45) is 0 Å². The normalized spacial score (nSPS) is 15.9. The molecule has 30 heavy (non-hydrogen) atoms. The van der Waals surface area contributed by atoms with Crippen LogP contribution >= 0.6 is 0 Å². The molecule has 3 aromatic rings. The van der Waals surface area contributed by atoms with E-state index in [1.165, 1.54) is 7.11 Å². The zero-order chi connectivity index (χ0) is 20.8. The minimum atomic E-state index is -0.797. The minimum absolute atomic E-state index is 0.118. The van der Waals surface area contributed by atoms with Crippen LogP contribution in [0.25, 0.3) is 0 Å². The summed E-state index contributed by atoms with van der Waals surface area (Å²) >= 11 is 0. The molecule has 4 rings (SSSR count). The molecule has 4 nitrogen and oxygen atoms in total. The van der Waals surface area contributed by atoms with Crippen LogP contribution in [0.1, 0.15) is 23.1 Å². The zero-order valence-electron chi connectivity index (χ0n) is 17.0. The van der Waals surface area contributed by atoms with Crippen molar-refractivity contribution in [2.75, 3.05) is 13.7 Å². The Morgan fingerprint density at radius 3 is 1.77 bits per heavy atom. The number of hydrogen-bond acceptors (Lipinski definition) is 3. The predicted molar refractivity (Wildman–Crippen MR) is 117 cm³/mol. The van der Waals surface area contributed by atoms with E-state index in [0.29, 0.717) is 6.61 Å². The second-order valence-electron chi connectivity index (χ2n) is 7.24. The molecule has 0 unspecified atom stereocenters. The number of rotatable bonds is 6. The third-order valence-corrected chi connectivity index (χ3v) is 5.49. The van der Waals surface area contributed by atoms with E-state index in [1.807, 2.05) is 60.7 Å². The Labute approximate surface area is 177 Å². The summed E-state index contributed by atoms with van der Waals surface area (Å²) in [5.41, 5.74) is 2.32. The van der Waals surface area contributed by atoms with Crippen LogP contribution in [0, 0.1) is 0 Å². The molecule has 3 aromatic carbocycles. The summed E-state index contributed by atoms with van der Waals surface area (Å²) < 4.78 is 11.7. The lowest BCUT2D eigenvalue weighted by atomic mass is 9.80. The van der Waals surface area contributed by atoms with Gasteiger partial charge in [0.2, 0.25) is 0 Å². The van der Waals surface area contributed by atoms with Gasteiger partial charge in [-0.15, -0.1) is 0 Å². The molecule has 4 heteroatoms. The first-order valence-corrected chi connectivity index (χ1v) is 10.1. The Morgan fingerprint density at radius 1 is 0.867 bits per heavy atom. The number of carbonyl (C=O) groups is 1. The third-order valence-electron chi connectivity index (χ3n) is 5.49. The molecule has 0 fully saturated rings. The molecule has 0 aliphatic carbocycles. The molecule has 1 amide bonds. The molecule has 1 atom stereocenters. The van der Waals surface area contributed by atoms with Crippen LogP contribution in [0.5, 0.6) is 0 Å². The van der Waals surface area contributed by atoms with Gasteiger partial charge in [0.25, 0.3) is 0 Å². The van der Waals surface area contributed by atoms with E-state index in [-0.39, 0.29) is 12.1 Å². The van der Waals surface area contributed by atoms with Crippen molar-refractivity contribution in [1.82, 2.24) is 4.90 Å². The Balaban J connectivity index is 1.78. The molecule has 0 saturated carbocycles. The second-order valence-corrected chi connectivity index (χ2v) is 7.24. The van der Waals surface area contributed by atoms with Gasteiger partial charge in [-0.2, -0.15) is 0 Å². The van der Waals surface area contributed by atoms with Crippen LogP contribution in [0.15, 0.2) is 103 Å². The highest BCUT2D eigenvalue weighted by molar-refractivity contribution is 5.69. The number of amides is 1. The van der Waals surface area contributed by atoms with E-state index >= 15 is 0 Å². The maximum absolute atomic E-state index is 12.2. The van der Waals surface area contributed by atoms with Crippen LogP contribution in [0.4, 0.5) is 4.79 Å². The van der Waals surface area contributed by atoms with Gasteiger partial charge < -0.3 is 9.47 Å². The average Bonchev–Trinajstić information content (AvgIpc) is 3.30. The Kier molecular flexibility index (Phi) is 5.96. The highest BCUT2D eigenvalue weighted by Gasteiger charge is 2.39. The van der Waals surface area contributed by atoms with Crippen molar-refractivity contribution in [2.45, 2.75) is 18.1 Å². The predicted octanol–water partition coefficient (Wildman–Crippen LogP) is 5.35. The van der Waals surface area contributed by atoms with Gasteiger partial charge in [0.15, 0.2) is 0 Å². The molecule has 0 saturated heterocycles. The first-order valence-electron chi connectivity index (χ1n) is 10.1. The van der Waals surface area contributed by atoms with Gasteiger partial charge in [0, 0.05) is 6.20 Å². The lowest BCUT2D eigenvalue weighted by Gasteiger charge is -2.37. The van der Waals surface area contributed by atoms with Crippen molar-refractivity contribution < 1.29 is 14.3 Å². The Bertz CT molecular complexity index is 890. The van der Waals surface area contributed by atoms with Gasteiger partial charge >= 0.3 is 6.09 Å². The summed E-state index contributed by atoms with van der Waals surface area (Å²) in [6.45, 7) is 0.362. The van der Waals surface area contributed by atoms with Crippen LogP contribution in [-0.4, -0.2) is 30.8 Å². The van der Waals surface area contributed by atoms with E-state index in [2.05, 4.69) is 36.4 Å². The number of methoxy groups -OCH3 is 1. The number of carbonyl (C=O) groups excluding carboxylic acids is 1. The molecule has 0 spiro atoms. The zero-order valence-corrected chi connectivity index (χ0v) is 17.0. The Hall–Kier alpha value is -3.37. The maximum Gasteiger partial charge on any atom is 0.413 e. The van der Waals surface area contributed by atoms with E-state index in [1.54, 1.807) is 11.1 Å². The molecule has 1 aliphatic rings. The van der Waals surface area contributed by atoms with Crippen molar-refractivity contribution in [3.8, 4) is 0 Å². The van der Waals surface area contributed by atoms with Crippen molar-refractivity contribution in [3.63, 3.8) is 0 Å². The topological polar surface area (TPSA) is 38.8 Å². The number of nitrogens with zero attached hydrogens (tertiary/aromatic N) is 1. The monoisotopic (exact) mass is 399 g/mol. The quantitative estimate of drug-likeness (QED) is 0.525. The average molecular weight is 399 g/mol. The second kappa shape index (κ2) is 8.97. The molecule has 1 aliphatic heterocycles. The largest absolute Gasteiger partial charge is 0.452 e. The molecule has 0 radical (unpaired) electrons.